The second-order valence-corrected chi connectivity index (χ2v) is 14.7. The van der Waals surface area contributed by atoms with Crippen LogP contribution in [0.15, 0.2) is 18.2 Å². The van der Waals surface area contributed by atoms with E-state index in [9.17, 15) is 26.4 Å². The van der Waals surface area contributed by atoms with Crippen LogP contribution in [0.2, 0.25) is 0 Å². The van der Waals surface area contributed by atoms with Gasteiger partial charge in [-0.25, -0.2) is 4.79 Å². The maximum absolute atomic E-state index is 12.8. The Hall–Kier alpha value is -2.42. The minimum Gasteiger partial charge on any atom is -0.460 e. The van der Waals surface area contributed by atoms with Gasteiger partial charge in [-0.1, -0.05) is 6.07 Å². The van der Waals surface area contributed by atoms with E-state index >= 15 is 0 Å². The molecule has 1 unspecified atom stereocenters. The summed E-state index contributed by atoms with van der Waals surface area (Å²) in [5.41, 5.74) is 0.776. The van der Waals surface area contributed by atoms with E-state index in [1.165, 1.54) is 0 Å². The van der Waals surface area contributed by atoms with Crippen LogP contribution in [0, 0.1) is 6.92 Å². The van der Waals surface area contributed by atoms with Gasteiger partial charge in [0.1, 0.15) is 11.2 Å². The monoisotopic (exact) mass is 608 g/mol. The zero-order chi connectivity index (χ0) is 30.9. The molecule has 0 saturated heterocycles. The quantitative estimate of drug-likeness (QED) is 0.245. The molecule has 0 aliphatic heterocycles. The van der Waals surface area contributed by atoms with Crippen LogP contribution in [0.3, 0.4) is 0 Å². The summed E-state index contributed by atoms with van der Waals surface area (Å²) in [5, 5.41) is 2.73. The number of amides is 1. The topological polar surface area (TPSA) is 155 Å². The van der Waals surface area contributed by atoms with Crippen molar-refractivity contribution in [2.75, 3.05) is 50.3 Å². The molecule has 12 nitrogen and oxygen atoms in total. The highest BCUT2D eigenvalue weighted by Crippen LogP contribution is 2.29. The highest BCUT2D eigenvalue weighted by atomic mass is 32.2. The molecule has 0 aliphatic carbocycles. The van der Waals surface area contributed by atoms with Gasteiger partial charge in [0.15, 0.2) is 0 Å². The number of hydrogen-bond donors (Lipinski definition) is 1. The first kappa shape index (κ1) is 35.6. The Kier molecular flexibility index (Phi) is 12.9. The van der Waals surface area contributed by atoms with Gasteiger partial charge in [-0.15, -0.1) is 0 Å². The highest BCUT2D eigenvalue weighted by Gasteiger charge is 2.25. The van der Waals surface area contributed by atoms with Gasteiger partial charge >= 0.3 is 12.1 Å². The van der Waals surface area contributed by atoms with Crippen molar-refractivity contribution in [2.24, 2.45) is 0 Å². The van der Waals surface area contributed by atoms with Crippen molar-refractivity contribution in [3.05, 3.63) is 29.3 Å². The van der Waals surface area contributed by atoms with Gasteiger partial charge in [0.25, 0.3) is 20.2 Å². The maximum Gasteiger partial charge on any atom is 0.407 e. The van der Waals surface area contributed by atoms with E-state index in [0.29, 0.717) is 5.69 Å². The third-order valence-electron chi connectivity index (χ3n) is 5.11. The second kappa shape index (κ2) is 14.5. The molecule has 1 aromatic carbocycles. The third kappa shape index (κ3) is 16.0. The van der Waals surface area contributed by atoms with Crippen LogP contribution >= 0.6 is 0 Å². The second-order valence-electron chi connectivity index (χ2n) is 11.5. The molecule has 1 amide bonds. The number of hydrogen-bond acceptors (Lipinski definition) is 11. The molecule has 1 aromatic rings. The van der Waals surface area contributed by atoms with Crippen molar-refractivity contribution in [2.45, 2.75) is 72.0 Å². The van der Waals surface area contributed by atoms with Crippen molar-refractivity contribution in [3.63, 3.8) is 0 Å². The first-order valence-electron chi connectivity index (χ1n) is 12.8. The number of carbonyl (C=O) groups excluding carboxylic acids is 2. The van der Waals surface area contributed by atoms with E-state index in [4.69, 9.17) is 17.8 Å². The van der Waals surface area contributed by atoms with Gasteiger partial charge in [-0.3, -0.25) is 13.2 Å². The summed E-state index contributed by atoms with van der Waals surface area (Å²) in [6, 6.07) is 5.41. The molecule has 230 valence electrons. The summed E-state index contributed by atoms with van der Waals surface area (Å²) < 4.78 is 66.5. The smallest absolute Gasteiger partial charge is 0.407 e. The minimum absolute atomic E-state index is 0.0360. The van der Waals surface area contributed by atoms with Crippen LogP contribution in [0.5, 0.6) is 0 Å². The predicted molar refractivity (Wildman–Crippen MR) is 152 cm³/mol. The molecule has 40 heavy (non-hydrogen) atoms. The zero-order valence-corrected chi connectivity index (χ0v) is 26.5. The van der Waals surface area contributed by atoms with Crippen LogP contribution in [0.1, 0.15) is 65.0 Å². The van der Waals surface area contributed by atoms with E-state index in [1.807, 2.05) is 19.1 Å². The minimum atomic E-state index is -3.69. The summed E-state index contributed by atoms with van der Waals surface area (Å²) >= 11 is 0. The summed E-state index contributed by atoms with van der Waals surface area (Å²) in [6.07, 6.45) is 1.21. The standard InChI is InChI=1S/C26H44N2O10S2/c1-19-10-11-21(28(12-14-35-39(8,31)32)13-15-36-40(9,33)34)17-22(19)20(16-23(29)37-25(2,3)4)18-27-24(30)38-26(5,6)7/h10-11,17,20H,12-16,18H2,1-9H3,(H,27,30). The fourth-order valence-electron chi connectivity index (χ4n) is 3.63. The number of alkyl carbamates (subject to hydrolysis) is 1. The molecule has 0 saturated carbocycles. The average Bonchev–Trinajstić information content (AvgIpc) is 2.72. The molecule has 0 aromatic heterocycles. The summed E-state index contributed by atoms with van der Waals surface area (Å²) in [7, 11) is -7.38. The molecular formula is C26H44N2O10S2. The largest absolute Gasteiger partial charge is 0.460 e. The van der Waals surface area contributed by atoms with Crippen molar-refractivity contribution in [3.8, 4) is 0 Å². The van der Waals surface area contributed by atoms with E-state index in [1.54, 1.807) is 52.5 Å². The number of benzene rings is 1. The Morgan fingerprint density at radius 1 is 0.875 bits per heavy atom. The zero-order valence-electron chi connectivity index (χ0n) is 24.9. The number of aryl methyl sites for hydroxylation is 1. The van der Waals surface area contributed by atoms with Crippen molar-refractivity contribution < 1.29 is 44.3 Å². The van der Waals surface area contributed by atoms with Crippen molar-refractivity contribution in [1.29, 1.82) is 0 Å². The summed E-state index contributed by atoms with van der Waals surface area (Å²) in [5.74, 6) is -0.947. The van der Waals surface area contributed by atoms with Gasteiger partial charge in [0, 0.05) is 31.2 Å². The molecule has 0 radical (unpaired) electrons. The number of rotatable bonds is 14. The normalized spacial score (nSPS) is 13.4. The van der Waals surface area contributed by atoms with Crippen molar-refractivity contribution >= 4 is 38.0 Å². The van der Waals surface area contributed by atoms with Gasteiger partial charge < -0.3 is 19.7 Å². The molecule has 1 N–H and O–H groups in total. The Labute approximate surface area is 238 Å². The van der Waals surface area contributed by atoms with Crippen LogP contribution in [-0.2, 0) is 42.9 Å². The Morgan fingerprint density at radius 2 is 1.38 bits per heavy atom. The van der Waals surface area contributed by atoms with Crippen LogP contribution < -0.4 is 10.2 Å². The van der Waals surface area contributed by atoms with Crippen LogP contribution in [0.25, 0.3) is 0 Å². The maximum atomic E-state index is 12.8. The number of nitrogens with zero attached hydrogens (tertiary/aromatic N) is 1. The molecule has 0 aliphatic rings. The molecule has 1 rings (SSSR count). The van der Waals surface area contributed by atoms with Gasteiger partial charge in [0.2, 0.25) is 0 Å². The molecule has 0 spiro atoms. The molecule has 14 heteroatoms. The Bertz CT molecular complexity index is 1180. The lowest BCUT2D eigenvalue weighted by Gasteiger charge is -2.28. The van der Waals surface area contributed by atoms with E-state index in [2.05, 4.69) is 5.32 Å². The highest BCUT2D eigenvalue weighted by molar-refractivity contribution is 7.86. The van der Waals surface area contributed by atoms with Gasteiger partial charge in [-0.2, -0.15) is 16.8 Å². The number of carbonyl (C=O) groups is 2. The lowest BCUT2D eigenvalue weighted by Crippen LogP contribution is -2.36. The predicted octanol–water partition coefficient (Wildman–Crippen LogP) is 3.09. The number of esters is 1. The molecule has 1 atom stereocenters. The molecule has 0 bridgehead atoms. The number of nitrogens with one attached hydrogen (secondary N) is 1. The van der Waals surface area contributed by atoms with E-state index < -0.39 is 49.4 Å². The van der Waals surface area contributed by atoms with E-state index in [0.717, 1.165) is 23.6 Å². The van der Waals surface area contributed by atoms with Gasteiger partial charge in [-0.05, 0) is 71.7 Å². The van der Waals surface area contributed by atoms with Gasteiger partial charge in [0.05, 0.1) is 32.1 Å². The number of anilines is 1. The Balaban J connectivity index is 3.34. The van der Waals surface area contributed by atoms with Crippen LogP contribution in [-0.4, -0.2) is 85.5 Å². The third-order valence-corrected chi connectivity index (χ3v) is 6.30. The Morgan fingerprint density at radius 3 is 1.82 bits per heavy atom. The lowest BCUT2D eigenvalue weighted by atomic mass is 9.91. The summed E-state index contributed by atoms with van der Waals surface area (Å²) in [4.78, 5) is 26.9. The first-order valence-corrected chi connectivity index (χ1v) is 16.4. The molecule has 0 fully saturated rings. The lowest BCUT2D eigenvalue weighted by molar-refractivity contribution is -0.155. The SMILES string of the molecule is Cc1ccc(N(CCOS(C)(=O)=O)CCOS(C)(=O)=O)cc1C(CNC(=O)OC(C)(C)C)CC(=O)OC(C)(C)C. The average molecular weight is 609 g/mol. The fraction of sp³-hybridized carbons (Fsp3) is 0.692. The van der Waals surface area contributed by atoms with Crippen molar-refractivity contribution in [1.82, 2.24) is 5.32 Å². The summed E-state index contributed by atoms with van der Waals surface area (Å²) in [6.45, 7) is 12.3. The molecule has 0 heterocycles. The molecular weight excluding hydrogens is 564 g/mol. The van der Waals surface area contributed by atoms with E-state index in [-0.39, 0.29) is 39.3 Å². The number of ether oxygens (including phenoxy) is 2. The fourth-order valence-corrected chi connectivity index (χ4v) is 4.38. The van der Waals surface area contributed by atoms with Crippen LogP contribution in [0.4, 0.5) is 10.5 Å². The first-order chi connectivity index (χ1) is 18.0.